The summed E-state index contributed by atoms with van der Waals surface area (Å²) in [6.07, 6.45) is 7.94. The number of carbonyl (C=O) groups is 3. The van der Waals surface area contributed by atoms with Gasteiger partial charge in [-0.05, 0) is 31.6 Å². The normalized spacial score (nSPS) is 30.6. The minimum Gasteiger partial charge on any atom is -0.356 e. The minimum absolute atomic E-state index is 0.0129. The first-order valence-corrected chi connectivity index (χ1v) is 9.21. The average Bonchev–Trinajstić information content (AvgIpc) is 3.08. The van der Waals surface area contributed by atoms with E-state index in [0.29, 0.717) is 25.9 Å². The van der Waals surface area contributed by atoms with E-state index in [1.807, 2.05) is 4.90 Å². The Kier molecular flexibility index (Phi) is 5.89. The lowest BCUT2D eigenvalue weighted by atomic mass is 9.79. The smallest absolute Gasteiger partial charge is 0.242 e. The molecule has 3 unspecified atom stereocenters. The number of nitrogens with zero attached hydrogens (tertiary/aromatic N) is 2. The Balaban J connectivity index is 1.61. The number of nitrogens with one attached hydrogen (secondary N) is 3. The predicted octanol–water partition coefficient (Wildman–Crippen LogP) is -0.714. The second-order valence-corrected chi connectivity index (χ2v) is 7.16. The van der Waals surface area contributed by atoms with Crippen LogP contribution in [0.2, 0.25) is 0 Å². The molecule has 2 saturated heterocycles. The van der Waals surface area contributed by atoms with E-state index >= 15 is 0 Å². The van der Waals surface area contributed by atoms with Crippen molar-refractivity contribution in [1.29, 1.82) is 5.26 Å². The van der Waals surface area contributed by atoms with Crippen LogP contribution in [0.5, 0.6) is 0 Å². The molecule has 4 aliphatic rings. The van der Waals surface area contributed by atoms with Crippen molar-refractivity contribution in [2.75, 3.05) is 19.6 Å². The van der Waals surface area contributed by atoms with Crippen LogP contribution < -0.4 is 16.0 Å². The van der Waals surface area contributed by atoms with Gasteiger partial charge in [-0.1, -0.05) is 12.2 Å². The zero-order valence-corrected chi connectivity index (χ0v) is 14.7. The molecule has 3 amide bonds. The largest absolute Gasteiger partial charge is 0.356 e. The number of fused-ring (bicyclic) bond motifs is 2. The third kappa shape index (κ3) is 3.88. The molecule has 0 saturated carbocycles. The topological polar surface area (TPSA) is 114 Å². The van der Waals surface area contributed by atoms with E-state index in [1.165, 1.54) is 0 Å². The first-order valence-electron chi connectivity index (χ1n) is 9.21. The Morgan fingerprint density at radius 1 is 1.42 bits per heavy atom. The number of hydrogen-bond donors (Lipinski definition) is 3. The van der Waals surface area contributed by atoms with Gasteiger partial charge in [0.05, 0.1) is 30.7 Å². The van der Waals surface area contributed by atoms with Gasteiger partial charge in [-0.2, -0.15) is 5.26 Å². The summed E-state index contributed by atoms with van der Waals surface area (Å²) in [5, 5.41) is 17.9. The van der Waals surface area contributed by atoms with E-state index in [1.54, 1.807) is 0 Å². The molecule has 3 heterocycles. The zero-order valence-electron chi connectivity index (χ0n) is 14.7. The monoisotopic (exact) mass is 359 g/mol. The van der Waals surface area contributed by atoms with Gasteiger partial charge < -0.3 is 15.5 Å². The molecule has 26 heavy (non-hydrogen) atoms. The van der Waals surface area contributed by atoms with Gasteiger partial charge in [0.15, 0.2) is 0 Å². The molecule has 8 nitrogen and oxygen atoms in total. The third-order valence-corrected chi connectivity index (χ3v) is 5.62. The van der Waals surface area contributed by atoms with Crippen LogP contribution in [0.15, 0.2) is 12.2 Å². The second-order valence-electron chi connectivity index (χ2n) is 7.16. The molecular formula is C18H25N5O3. The number of piperidine rings is 1. The van der Waals surface area contributed by atoms with Gasteiger partial charge in [-0.15, -0.1) is 0 Å². The summed E-state index contributed by atoms with van der Waals surface area (Å²) in [5.41, 5.74) is 0. The molecule has 2 fully saturated rings. The van der Waals surface area contributed by atoms with Gasteiger partial charge in [0.1, 0.15) is 0 Å². The highest BCUT2D eigenvalue weighted by Gasteiger charge is 2.41. The Morgan fingerprint density at radius 2 is 2.27 bits per heavy atom. The van der Waals surface area contributed by atoms with Crippen molar-refractivity contribution in [3.8, 4) is 6.07 Å². The van der Waals surface area contributed by atoms with E-state index < -0.39 is 6.04 Å². The average molecular weight is 359 g/mol. The van der Waals surface area contributed by atoms with Crippen molar-refractivity contribution in [3.63, 3.8) is 0 Å². The fourth-order valence-corrected chi connectivity index (χ4v) is 4.27. The summed E-state index contributed by atoms with van der Waals surface area (Å²) < 4.78 is 0. The Bertz CT molecular complexity index is 629. The van der Waals surface area contributed by atoms with Crippen molar-refractivity contribution in [1.82, 2.24) is 20.9 Å². The fourth-order valence-electron chi connectivity index (χ4n) is 4.27. The SMILES string of the molecule is N#CC(CC1CCNC1=O)NC[C@@H]1[C@H]2C=CC(CC2)N1C(=O)CNC=O. The second kappa shape index (κ2) is 8.32. The first-order chi connectivity index (χ1) is 12.6. The molecule has 0 aromatic heterocycles. The summed E-state index contributed by atoms with van der Waals surface area (Å²) in [5.74, 6) is 0.0428. The third-order valence-electron chi connectivity index (χ3n) is 5.62. The van der Waals surface area contributed by atoms with Crippen LogP contribution >= 0.6 is 0 Å². The lowest BCUT2D eigenvalue weighted by molar-refractivity contribution is -0.138. The van der Waals surface area contributed by atoms with Crippen molar-refractivity contribution >= 4 is 18.2 Å². The maximum Gasteiger partial charge on any atom is 0.242 e. The highest BCUT2D eigenvalue weighted by Crippen LogP contribution is 2.34. The highest BCUT2D eigenvalue weighted by molar-refractivity contribution is 5.81. The van der Waals surface area contributed by atoms with Gasteiger partial charge in [0.2, 0.25) is 18.2 Å². The van der Waals surface area contributed by atoms with E-state index in [4.69, 9.17) is 0 Å². The Morgan fingerprint density at radius 3 is 2.88 bits per heavy atom. The molecule has 1 aliphatic carbocycles. The predicted molar refractivity (Wildman–Crippen MR) is 93.5 cm³/mol. The molecule has 0 spiro atoms. The molecule has 140 valence electrons. The molecule has 0 aromatic carbocycles. The van der Waals surface area contributed by atoms with E-state index in [2.05, 4.69) is 34.2 Å². The van der Waals surface area contributed by atoms with Crippen LogP contribution in [0.25, 0.3) is 0 Å². The number of amides is 3. The van der Waals surface area contributed by atoms with E-state index in [0.717, 1.165) is 19.3 Å². The van der Waals surface area contributed by atoms with Gasteiger partial charge >= 0.3 is 0 Å². The van der Waals surface area contributed by atoms with Crippen molar-refractivity contribution in [2.24, 2.45) is 11.8 Å². The molecule has 5 atom stereocenters. The molecule has 4 rings (SSSR count). The van der Waals surface area contributed by atoms with Crippen molar-refractivity contribution in [2.45, 2.75) is 43.8 Å². The quantitative estimate of drug-likeness (QED) is 0.391. The minimum atomic E-state index is -0.418. The summed E-state index contributed by atoms with van der Waals surface area (Å²) in [6, 6.07) is 1.84. The number of rotatable bonds is 8. The fraction of sp³-hybridized carbons (Fsp3) is 0.667. The van der Waals surface area contributed by atoms with Gasteiger partial charge in [-0.3, -0.25) is 19.7 Å². The molecule has 0 aromatic rings. The van der Waals surface area contributed by atoms with Gasteiger partial charge in [0.25, 0.3) is 0 Å². The summed E-state index contributed by atoms with van der Waals surface area (Å²) in [6.45, 7) is 1.16. The molecule has 2 bridgehead atoms. The summed E-state index contributed by atoms with van der Waals surface area (Å²) in [7, 11) is 0. The molecule has 8 heteroatoms. The van der Waals surface area contributed by atoms with E-state index in [-0.39, 0.29) is 42.3 Å². The summed E-state index contributed by atoms with van der Waals surface area (Å²) >= 11 is 0. The number of hydrogen-bond acceptors (Lipinski definition) is 5. The number of nitriles is 1. The lowest BCUT2D eigenvalue weighted by Crippen LogP contribution is -2.60. The van der Waals surface area contributed by atoms with Crippen LogP contribution in [-0.4, -0.2) is 60.9 Å². The van der Waals surface area contributed by atoms with Crippen LogP contribution in [0.1, 0.15) is 25.7 Å². The van der Waals surface area contributed by atoms with Crippen LogP contribution in [-0.2, 0) is 14.4 Å². The first kappa shape index (κ1) is 18.4. The highest BCUT2D eigenvalue weighted by atomic mass is 16.2. The molecule has 3 N–H and O–H groups in total. The van der Waals surface area contributed by atoms with Gasteiger partial charge in [0, 0.05) is 19.0 Å². The molecule has 3 aliphatic heterocycles. The van der Waals surface area contributed by atoms with Crippen LogP contribution in [0.3, 0.4) is 0 Å². The van der Waals surface area contributed by atoms with Gasteiger partial charge in [-0.25, -0.2) is 0 Å². The molecular weight excluding hydrogens is 334 g/mol. The maximum absolute atomic E-state index is 12.5. The lowest BCUT2D eigenvalue weighted by Gasteiger charge is -2.48. The maximum atomic E-state index is 12.5. The zero-order chi connectivity index (χ0) is 18.5. The number of carbonyl (C=O) groups excluding carboxylic acids is 3. The Hall–Kier alpha value is -2.40. The van der Waals surface area contributed by atoms with E-state index in [9.17, 15) is 19.6 Å². The van der Waals surface area contributed by atoms with Crippen LogP contribution in [0, 0.1) is 23.2 Å². The van der Waals surface area contributed by atoms with Crippen molar-refractivity contribution in [3.05, 3.63) is 12.2 Å². The standard InChI is InChI=1S/C18H25N5O3/c19-8-14(7-13-5-6-21-18(13)26)22-9-16-12-1-3-15(4-2-12)23(16)17(25)10-20-11-24/h1,3,11-16,22H,2,4-7,9-10H2,(H,20,24)(H,21,26)/t12-,13?,14?,15?,16+/m0/s1. The Labute approximate surface area is 153 Å². The summed E-state index contributed by atoms with van der Waals surface area (Å²) in [4.78, 5) is 36.6. The molecule has 0 radical (unpaired) electrons. The van der Waals surface area contributed by atoms with Crippen molar-refractivity contribution < 1.29 is 14.4 Å². The van der Waals surface area contributed by atoms with Crippen LogP contribution in [0.4, 0.5) is 0 Å².